The first-order chi connectivity index (χ1) is 33.2. The normalized spacial score (nSPS) is 11.6. The lowest BCUT2D eigenvalue weighted by Crippen LogP contribution is -1.98. The lowest BCUT2D eigenvalue weighted by molar-refractivity contribution is 1.10. The van der Waals surface area contributed by atoms with Crippen molar-refractivity contribution in [1.82, 2.24) is 9.55 Å². The fourth-order valence-electron chi connectivity index (χ4n) is 10.4. The number of para-hydroxylation sites is 2. The van der Waals surface area contributed by atoms with Gasteiger partial charge in [0.15, 0.2) is 0 Å². The third-order valence-corrected chi connectivity index (χ3v) is 13.6. The molecule has 0 aliphatic carbocycles. The van der Waals surface area contributed by atoms with Crippen molar-refractivity contribution in [2.75, 3.05) is 0 Å². The molecule has 12 aromatic carbocycles. The molecule has 0 aliphatic rings. The lowest BCUT2D eigenvalue weighted by Gasteiger charge is -2.17. The first-order valence-electron chi connectivity index (χ1n) is 23.0. The molecule has 13 aromatic rings. The van der Waals surface area contributed by atoms with Gasteiger partial charge in [0.05, 0.1) is 11.0 Å². The van der Waals surface area contributed by atoms with Crippen molar-refractivity contribution >= 4 is 54.1 Å². The van der Waals surface area contributed by atoms with Gasteiger partial charge in [0, 0.05) is 11.3 Å². The average molecular weight is 851 g/mol. The summed E-state index contributed by atoms with van der Waals surface area (Å²) in [6.07, 6.45) is 0. The highest BCUT2D eigenvalue weighted by molar-refractivity contribution is 6.23. The standard InChI is InChI=1S/C65H42N2/c1-3-16-43(17-4-1)50-38-51(44-18-5-2-6-19-44)40-52(39-50)48-23-13-24-53(41-48)67-63-31-12-11-30-62(63)66-65(67)47-34-32-46(33-35-47)54-27-15-28-57-58(54)36-37-60-61(57)42-49-21-8-10-26-56(49)64(60)59-29-14-22-45-20-7-9-25-55(45)59/h1-42H. The zero-order valence-electron chi connectivity index (χ0n) is 36.6. The van der Waals surface area contributed by atoms with Gasteiger partial charge in [-0.15, -0.1) is 0 Å². The Morgan fingerprint density at radius 1 is 0.269 bits per heavy atom. The van der Waals surface area contributed by atoms with Crippen molar-refractivity contribution in [3.63, 3.8) is 0 Å². The van der Waals surface area contributed by atoms with Crippen LogP contribution in [0.15, 0.2) is 255 Å². The van der Waals surface area contributed by atoms with Crippen LogP contribution in [0.4, 0.5) is 0 Å². The zero-order chi connectivity index (χ0) is 44.3. The largest absolute Gasteiger partial charge is 0.292 e. The van der Waals surface area contributed by atoms with Crippen LogP contribution in [-0.4, -0.2) is 9.55 Å². The van der Waals surface area contributed by atoms with Crippen molar-refractivity contribution in [3.8, 4) is 72.7 Å². The molecule has 67 heavy (non-hydrogen) atoms. The first kappa shape index (κ1) is 38.6. The topological polar surface area (TPSA) is 17.8 Å². The molecule has 0 saturated carbocycles. The predicted octanol–water partition coefficient (Wildman–Crippen LogP) is 17.6. The van der Waals surface area contributed by atoms with Crippen molar-refractivity contribution in [3.05, 3.63) is 255 Å². The molecule has 0 amide bonds. The summed E-state index contributed by atoms with van der Waals surface area (Å²) in [5.41, 5.74) is 16.1. The van der Waals surface area contributed by atoms with E-state index in [-0.39, 0.29) is 0 Å². The number of fused-ring (bicyclic) bond motifs is 6. The molecule has 312 valence electrons. The number of hydrogen-bond acceptors (Lipinski definition) is 1. The molecule has 0 bridgehead atoms. The number of benzene rings is 12. The summed E-state index contributed by atoms with van der Waals surface area (Å²) in [7, 11) is 0. The molecule has 13 rings (SSSR count). The van der Waals surface area contributed by atoms with Gasteiger partial charge in [-0.1, -0.05) is 206 Å². The smallest absolute Gasteiger partial charge is 0.145 e. The maximum absolute atomic E-state index is 5.30. The molecule has 0 saturated heterocycles. The van der Waals surface area contributed by atoms with Crippen LogP contribution in [0.5, 0.6) is 0 Å². The van der Waals surface area contributed by atoms with E-state index >= 15 is 0 Å². The highest BCUT2D eigenvalue weighted by Gasteiger charge is 2.18. The van der Waals surface area contributed by atoms with Gasteiger partial charge >= 0.3 is 0 Å². The van der Waals surface area contributed by atoms with Crippen molar-refractivity contribution in [2.45, 2.75) is 0 Å². The Hall–Kier alpha value is -8.85. The average Bonchev–Trinajstić information content (AvgIpc) is 3.80. The molecule has 2 heteroatoms. The maximum Gasteiger partial charge on any atom is 0.145 e. The highest BCUT2D eigenvalue weighted by atomic mass is 15.1. The molecule has 1 aromatic heterocycles. The fourth-order valence-corrected chi connectivity index (χ4v) is 10.4. The zero-order valence-corrected chi connectivity index (χ0v) is 36.6. The molecular formula is C65H42N2. The highest BCUT2D eigenvalue weighted by Crippen LogP contribution is 2.44. The molecular weight excluding hydrogens is 809 g/mol. The van der Waals surface area contributed by atoms with Crippen molar-refractivity contribution in [2.24, 2.45) is 0 Å². The molecule has 0 N–H and O–H groups in total. The van der Waals surface area contributed by atoms with Crippen LogP contribution in [0.1, 0.15) is 0 Å². The summed E-state index contributed by atoms with van der Waals surface area (Å²) in [6.45, 7) is 0. The van der Waals surface area contributed by atoms with Crippen LogP contribution in [0.2, 0.25) is 0 Å². The van der Waals surface area contributed by atoms with Gasteiger partial charge in [-0.2, -0.15) is 0 Å². The second kappa shape index (κ2) is 16.0. The van der Waals surface area contributed by atoms with E-state index in [9.17, 15) is 0 Å². The van der Waals surface area contributed by atoms with Crippen molar-refractivity contribution < 1.29 is 0 Å². The summed E-state index contributed by atoms with van der Waals surface area (Å²) in [5, 5.41) is 10.0. The van der Waals surface area contributed by atoms with Gasteiger partial charge in [-0.3, -0.25) is 4.57 Å². The van der Waals surface area contributed by atoms with E-state index in [1.165, 1.54) is 93.2 Å². The molecule has 2 nitrogen and oxygen atoms in total. The van der Waals surface area contributed by atoms with E-state index in [2.05, 4.69) is 259 Å². The second-order valence-corrected chi connectivity index (χ2v) is 17.5. The minimum atomic E-state index is 0.907. The van der Waals surface area contributed by atoms with E-state index in [0.29, 0.717) is 0 Å². The van der Waals surface area contributed by atoms with Gasteiger partial charge in [0.2, 0.25) is 0 Å². The summed E-state index contributed by atoms with van der Waals surface area (Å²) >= 11 is 0. The maximum atomic E-state index is 5.30. The summed E-state index contributed by atoms with van der Waals surface area (Å²) < 4.78 is 2.31. The SMILES string of the molecule is c1ccc(-c2cc(-c3ccccc3)cc(-c3cccc(-n4c(-c5ccc(-c6cccc7c6ccc6c(-c8cccc9ccccc89)c8ccccc8cc67)cc5)nc5ccccc54)c3)c2)cc1. The Labute approximate surface area is 389 Å². The molecule has 0 spiro atoms. The summed E-state index contributed by atoms with van der Waals surface area (Å²) in [4.78, 5) is 5.30. The summed E-state index contributed by atoms with van der Waals surface area (Å²) in [5.74, 6) is 0.907. The number of rotatable bonds is 7. The van der Waals surface area contributed by atoms with Crippen LogP contribution in [0.3, 0.4) is 0 Å². The quantitative estimate of drug-likeness (QED) is 0.115. The van der Waals surface area contributed by atoms with Crippen LogP contribution in [0, 0.1) is 0 Å². The molecule has 0 unspecified atom stereocenters. The van der Waals surface area contributed by atoms with E-state index in [0.717, 1.165) is 33.7 Å². The van der Waals surface area contributed by atoms with Crippen LogP contribution >= 0.6 is 0 Å². The Morgan fingerprint density at radius 3 is 1.60 bits per heavy atom. The minimum absolute atomic E-state index is 0.907. The van der Waals surface area contributed by atoms with Crippen molar-refractivity contribution in [1.29, 1.82) is 0 Å². The Balaban J connectivity index is 0.916. The van der Waals surface area contributed by atoms with Crippen LogP contribution in [-0.2, 0) is 0 Å². The third-order valence-electron chi connectivity index (χ3n) is 13.6. The van der Waals surface area contributed by atoms with Crippen LogP contribution < -0.4 is 0 Å². The summed E-state index contributed by atoms with van der Waals surface area (Å²) in [6, 6.07) is 92.6. The molecule has 0 aliphatic heterocycles. The van der Waals surface area contributed by atoms with Gasteiger partial charge in [-0.05, 0) is 147 Å². The first-order valence-corrected chi connectivity index (χ1v) is 23.0. The van der Waals surface area contributed by atoms with Crippen LogP contribution in [0.25, 0.3) is 127 Å². The van der Waals surface area contributed by atoms with E-state index in [1.807, 2.05) is 0 Å². The minimum Gasteiger partial charge on any atom is -0.292 e. The van der Waals surface area contributed by atoms with Gasteiger partial charge in [-0.25, -0.2) is 4.98 Å². The molecule has 0 fully saturated rings. The molecule has 0 radical (unpaired) electrons. The van der Waals surface area contributed by atoms with E-state index in [1.54, 1.807) is 0 Å². The van der Waals surface area contributed by atoms with E-state index in [4.69, 9.17) is 4.98 Å². The Morgan fingerprint density at radius 2 is 0.821 bits per heavy atom. The Kier molecular flexibility index (Phi) is 9.21. The van der Waals surface area contributed by atoms with Gasteiger partial charge in [0.25, 0.3) is 0 Å². The van der Waals surface area contributed by atoms with E-state index < -0.39 is 0 Å². The predicted molar refractivity (Wildman–Crippen MR) is 284 cm³/mol. The number of aromatic nitrogens is 2. The number of imidazole rings is 1. The third kappa shape index (κ3) is 6.69. The fraction of sp³-hybridized carbons (Fsp3) is 0. The molecule has 1 heterocycles. The molecule has 0 atom stereocenters. The lowest BCUT2D eigenvalue weighted by atomic mass is 9.87. The van der Waals surface area contributed by atoms with Gasteiger partial charge in [0.1, 0.15) is 5.82 Å². The van der Waals surface area contributed by atoms with Gasteiger partial charge < -0.3 is 0 Å². The number of nitrogens with zero attached hydrogens (tertiary/aromatic N) is 2. The number of hydrogen-bond donors (Lipinski definition) is 0. The Bertz CT molecular complexity index is 3950. The monoisotopic (exact) mass is 850 g/mol. The second-order valence-electron chi connectivity index (χ2n) is 17.5.